The Kier molecular flexibility index (Phi) is 3.44. The molecular weight excluding hydrogens is 266 g/mol. The van der Waals surface area contributed by atoms with E-state index in [-0.39, 0.29) is 5.56 Å². The molecule has 0 amide bonds. The lowest BCUT2D eigenvalue weighted by molar-refractivity contribution is 0.0695. The fourth-order valence-electron chi connectivity index (χ4n) is 2.00. The predicted octanol–water partition coefficient (Wildman–Crippen LogP) is 2.71. The zero-order valence-corrected chi connectivity index (χ0v) is 11.2. The molecule has 0 fully saturated rings. The third kappa shape index (κ3) is 2.39. The number of carboxylic acids is 1. The van der Waals surface area contributed by atoms with Crippen LogP contribution in [0.25, 0.3) is 11.3 Å². The average Bonchev–Trinajstić information content (AvgIpc) is 2.32. The van der Waals surface area contributed by atoms with Gasteiger partial charge in [-0.15, -0.1) is 0 Å². The van der Waals surface area contributed by atoms with E-state index in [2.05, 4.69) is 0 Å². The quantitative estimate of drug-likeness (QED) is 0.918. The molecular formula is C14H12ClNO3. The van der Waals surface area contributed by atoms with Crippen molar-refractivity contribution in [2.45, 2.75) is 6.92 Å². The highest BCUT2D eigenvalue weighted by Crippen LogP contribution is 2.25. The molecule has 2 rings (SSSR count). The first kappa shape index (κ1) is 13.4. The summed E-state index contributed by atoms with van der Waals surface area (Å²) >= 11 is 5.92. The lowest BCUT2D eigenvalue weighted by Crippen LogP contribution is -2.21. The molecule has 1 aromatic heterocycles. The monoisotopic (exact) mass is 277 g/mol. The van der Waals surface area contributed by atoms with Crippen molar-refractivity contribution in [3.8, 4) is 11.3 Å². The molecule has 0 aliphatic rings. The maximum atomic E-state index is 11.9. The van der Waals surface area contributed by atoms with E-state index in [9.17, 15) is 14.7 Å². The minimum atomic E-state index is -1.24. The van der Waals surface area contributed by atoms with Crippen LogP contribution in [0.5, 0.6) is 0 Å². The molecule has 0 unspecified atom stereocenters. The molecule has 0 spiro atoms. The second-order valence-electron chi connectivity index (χ2n) is 4.25. The van der Waals surface area contributed by atoms with Gasteiger partial charge in [-0.2, -0.15) is 0 Å². The summed E-state index contributed by atoms with van der Waals surface area (Å²) < 4.78 is 1.68. The topological polar surface area (TPSA) is 59.3 Å². The minimum Gasteiger partial charge on any atom is -0.477 e. The number of aryl methyl sites for hydroxylation is 1. The lowest BCUT2D eigenvalue weighted by atomic mass is 10.0. The predicted molar refractivity (Wildman–Crippen MR) is 73.8 cm³/mol. The van der Waals surface area contributed by atoms with Gasteiger partial charge in [0.15, 0.2) is 5.43 Å². The number of pyridine rings is 1. The molecule has 1 N–H and O–H groups in total. The Balaban J connectivity index is 2.89. The summed E-state index contributed by atoms with van der Waals surface area (Å²) in [6, 6.07) is 8.10. The summed E-state index contributed by atoms with van der Waals surface area (Å²) in [7, 11) is 1.72. The van der Waals surface area contributed by atoms with Crippen LogP contribution in [0.1, 0.15) is 16.1 Å². The van der Waals surface area contributed by atoms with Gasteiger partial charge in [-0.3, -0.25) is 4.79 Å². The lowest BCUT2D eigenvalue weighted by Gasteiger charge is -2.15. The van der Waals surface area contributed by atoms with Gasteiger partial charge in [0.05, 0.1) is 5.69 Å². The Morgan fingerprint density at radius 1 is 1.32 bits per heavy atom. The van der Waals surface area contributed by atoms with Gasteiger partial charge in [0, 0.05) is 29.4 Å². The maximum absolute atomic E-state index is 11.9. The van der Waals surface area contributed by atoms with Crippen LogP contribution in [0.2, 0.25) is 5.02 Å². The molecule has 1 heterocycles. The number of carboxylic acid groups (broad SMARTS) is 1. The minimum absolute atomic E-state index is 0.240. The Bertz CT molecular complexity index is 719. The van der Waals surface area contributed by atoms with Crippen molar-refractivity contribution in [3.63, 3.8) is 0 Å². The fourth-order valence-corrected chi connectivity index (χ4v) is 2.19. The molecule has 0 saturated carbocycles. The highest BCUT2D eigenvalue weighted by Gasteiger charge is 2.19. The van der Waals surface area contributed by atoms with E-state index in [1.54, 1.807) is 42.8 Å². The van der Waals surface area contributed by atoms with Crippen molar-refractivity contribution in [2.24, 2.45) is 7.05 Å². The molecule has 4 nitrogen and oxygen atoms in total. The highest BCUT2D eigenvalue weighted by atomic mass is 35.5. The summed E-state index contributed by atoms with van der Waals surface area (Å²) in [5.41, 5.74) is 0.909. The third-order valence-corrected chi connectivity index (χ3v) is 3.23. The second-order valence-corrected chi connectivity index (χ2v) is 4.68. The first-order valence-corrected chi connectivity index (χ1v) is 5.99. The Morgan fingerprint density at radius 3 is 2.58 bits per heavy atom. The highest BCUT2D eigenvalue weighted by molar-refractivity contribution is 6.30. The van der Waals surface area contributed by atoms with Crippen LogP contribution in [-0.4, -0.2) is 15.6 Å². The molecule has 0 aliphatic heterocycles. The summed E-state index contributed by atoms with van der Waals surface area (Å²) in [5.74, 6) is -1.24. The van der Waals surface area contributed by atoms with Gasteiger partial charge >= 0.3 is 5.97 Å². The first-order chi connectivity index (χ1) is 8.91. The van der Waals surface area contributed by atoms with E-state index in [0.717, 1.165) is 0 Å². The summed E-state index contributed by atoms with van der Waals surface area (Å²) in [5, 5.41) is 9.73. The Hall–Kier alpha value is -2.07. The molecule has 2 aromatic rings. The summed E-state index contributed by atoms with van der Waals surface area (Å²) in [6.45, 7) is 1.75. The summed E-state index contributed by atoms with van der Waals surface area (Å²) in [4.78, 5) is 23.2. The number of nitrogens with zero attached hydrogens (tertiary/aromatic N) is 1. The maximum Gasteiger partial charge on any atom is 0.341 e. The Morgan fingerprint density at radius 2 is 2.00 bits per heavy atom. The van der Waals surface area contributed by atoms with Crippen LogP contribution in [0.4, 0.5) is 0 Å². The molecule has 1 aromatic carbocycles. The number of aromatic carboxylic acids is 1. The number of halogens is 1. The SMILES string of the molecule is Cc1cc(=O)c(C(=O)O)c(-c2cccc(Cl)c2)n1C. The van der Waals surface area contributed by atoms with E-state index in [0.29, 0.717) is 22.0 Å². The van der Waals surface area contributed by atoms with Crippen LogP contribution >= 0.6 is 11.6 Å². The van der Waals surface area contributed by atoms with Crippen LogP contribution in [0.15, 0.2) is 35.1 Å². The van der Waals surface area contributed by atoms with Crippen LogP contribution in [0, 0.1) is 6.92 Å². The van der Waals surface area contributed by atoms with Gasteiger partial charge < -0.3 is 9.67 Å². The number of hydrogen-bond donors (Lipinski definition) is 1. The van der Waals surface area contributed by atoms with Crippen molar-refractivity contribution in [3.05, 3.63) is 56.8 Å². The van der Waals surface area contributed by atoms with Crippen molar-refractivity contribution in [2.75, 3.05) is 0 Å². The fraction of sp³-hybridized carbons (Fsp3) is 0.143. The number of aromatic nitrogens is 1. The van der Waals surface area contributed by atoms with Gasteiger partial charge in [0.25, 0.3) is 0 Å². The first-order valence-electron chi connectivity index (χ1n) is 5.61. The average molecular weight is 278 g/mol. The van der Waals surface area contributed by atoms with Crippen LogP contribution < -0.4 is 5.43 Å². The normalized spacial score (nSPS) is 10.5. The molecule has 0 bridgehead atoms. The smallest absolute Gasteiger partial charge is 0.341 e. The van der Waals surface area contributed by atoms with Gasteiger partial charge in [0.2, 0.25) is 0 Å². The van der Waals surface area contributed by atoms with Crippen molar-refractivity contribution < 1.29 is 9.90 Å². The number of hydrogen-bond acceptors (Lipinski definition) is 2. The molecule has 0 saturated heterocycles. The molecule has 98 valence electrons. The van der Waals surface area contributed by atoms with Gasteiger partial charge in [-0.25, -0.2) is 4.79 Å². The van der Waals surface area contributed by atoms with E-state index in [1.807, 2.05) is 0 Å². The van der Waals surface area contributed by atoms with Crippen LogP contribution in [-0.2, 0) is 7.05 Å². The summed E-state index contributed by atoms with van der Waals surface area (Å²) in [6.07, 6.45) is 0. The largest absolute Gasteiger partial charge is 0.477 e. The number of carbonyl (C=O) groups is 1. The Labute approximate surface area is 114 Å². The number of benzene rings is 1. The zero-order valence-electron chi connectivity index (χ0n) is 10.5. The molecule has 0 aliphatic carbocycles. The van der Waals surface area contributed by atoms with Crippen LogP contribution in [0.3, 0.4) is 0 Å². The van der Waals surface area contributed by atoms with Crippen molar-refractivity contribution >= 4 is 17.6 Å². The molecule has 0 radical (unpaired) electrons. The van der Waals surface area contributed by atoms with Gasteiger partial charge in [-0.1, -0.05) is 23.7 Å². The zero-order chi connectivity index (χ0) is 14.2. The van der Waals surface area contributed by atoms with E-state index in [4.69, 9.17) is 11.6 Å². The van der Waals surface area contributed by atoms with E-state index < -0.39 is 11.4 Å². The standard InChI is InChI=1S/C14H12ClNO3/c1-8-6-11(17)12(14(18)19)13(16(8)2)9-4-3-5-10(15)7-9/h3-7H,1-2H3,(H,18,19). The third-order valence-electron chi connectivity index (χ3n) is 3.00. The molecule has 19 heavy (non-hydrogen) atoms. The molecule has 5 heteroatoms. The number of rotatable bonds is 2. The van der Waals surface area contributed by atoms with Gasteiger partial charge in [-0.05, 0) is 19.1 Å². The van der Waals surface area contributed by atoms with Crippen molar-refractivity contribution in [1.29, 1.82) is 0 Å². The van der Waals surface area contributed by atoms with E-state index >= 15 is 0 Å². The van der Waals surface area contributed by atoms with E-state index in [1.165, 1.54) is 6.07 Å². The van der Waals surface area contributed by atoms with Crippen molar-refractivity contribution in [1.82, 2.24) is 4.57 Å². The molecule has 0 atom stereocenters. The van der Waals surface area contributed by atoms with Gasteiger partial charge in [0.1, 0.15) is 5.56 Å². The second kappa shape index (κ2) is 4.90.